The number of carbonyl (C=O) groups excluding carboxylic acids is 1. The van der Waals surface area contributed by atoms with Crippen molar-refractivity contribution in [3.05, 3.63) is 59.3 Å². The number of benzene rings is 1. The maximum Gasteiger partial charge on any atom is 0.236 e. The van der Waals surface area contributed by atoms with Gasteiger partial charge in [0, 0.05) is 0 Å². The van der Waals surface area contributed by atoms with Crippen molar-refractivity contribution in [1.29, 1.82) is 0 Å². The summed E-state index contributed by atoms with van der Waals surface area (Å²) in [7, 11) is 0. The highest BCUT2D eigenvalue weighted by Crippen LogP contribution is 2.22. The van der Waals surface area contributed by atoms with Gasteiger partial charge in [0.25, 0.3) is 0 Å². The average molecular weight is 359 g/mol. The highest BCUT2D eigenvalue weighted by atomic mass is 32.2. The highest BCUT2D eigenvalue weighted by molar-refractivity contribution is 7.99. The first kappa shape index (κ1) is 16.7. The lowest BCUT2D eigenvalue weighted by Gasteiger charge is -2.13. The van der Waals surface area contributed by atoms with E-state index in [2.05, 4.69) is 15.5 Å². The Balaban J connectivity index is 1.44. The van der Waals surface area contributed by atoms with Gasteiger partial charge in [0.1, 0.15) is 0 Å². The second-order valence-electron chi connectivity index (χ2n) is 5.18. The maximum atomic E-state index is 12.0. The van der Waals surface area contributed by atoms with Crippen molar-refractivity contribution < 1.29 is 9.32 Å². The lowest BCUT2D eigenvalue weighted by atomic mass is 10.1. The molecule has 0 aliphatic rings. The van der Waals surface area contributed by atoms with E-state index in [0.29, 0.717) is 23.2 Å². The molecule has 1 atom stereocenters. The van der Waals surface area contributed by atoms with Crippen LogP contribution in [0.25, 0.3) is 10.7 Å². The van der Waals surface area contributed by atoms with Gasteiger partial charge in [-0.2, -0.15) is 4.98 Å². The van der Waals surface area contributed by atoms with Crippen molar-refractivity contribution in [3.8, 4) is 10.7 Å². The summed E-state index contributed by atoms with van der Waals surface area (Å²) < 4.78 is 5.21. The summed E-state index contributed by atoms with van der Waals surface area (Å²) in [4.78, 5) is 17.3. The monoisotopic (exact) mass is 359 g/mol. The lowest BCUT2D eigenvalue weighted by molar-refractivity contribution is -0.119. The van der Waals surface area contributed by atoms with Gasteiger partial charge >= 0.3 is 0 Å². The number of carbonyl (C=O) groups is 1. The number of rotatable bonds is 7. The Hall–Kier alpha value is -2.12. The van der Waals surface area contributed by atoms with E-state index in [9.17, 15) is 4.79 Å². The zero-order valence-corrected chi connectivity index (χ0v) is 14.8. The number of hydrogen-bond donors (Lipinski definition) is 1. The van der Waals surface area contributed by atoms with E-state index < -0.39 is 0 Å². The normalized spacial score (nSPS) is 12.0. The molecule has 2 aromatic heterocycles. The standard InChI is InChI=1S/C17H17N3O2S2/c1-12(13-6-3-2-4-7-13)18-15(21)10-23-11-16-19-17(20-22-16)14-8-5-9-24-14/h2-9,12H,10-11H2,1H3,(H,18,21). The second kappa shape index (κ2) is 8.12. The van der Waals surface area contributed by atoms with Crippen LogP contribution in [0.3, 0.4) is 0 Å². The Morgan fingerprint density at radius 2 is 2.12 bits per heavy atom. The number of thiophene rings is 1. The van der Waals surface area contributed by atoms with E-state index in [1.807, 2.05) is 54.8 Å². The minimum Gasteiger partial charge on any atom is -0.349 e. The molecule has 0 bridgehead atoms. The molecule has 0 aliphatic heterocycles. The van der Waals surface area contributed by atoms with Crippen molar-refractivity contribution >= 4 is 29.0 Å². The molecule has 5 nitrogen and oxygen atoms in total. The summed E-state index contributed by atoms with van der Waals surface area (Å²) in [6.45, 7) is 1.98. The molecule has 0 spiro atoms. The first-order valence-electron chi connectivity index (χ1n) is 7.51. The van der Waals surface area contributed by atoms with Crippen LogP contribution in [0, 0.1) is 0 Å². The number of hydrogen-bond acceptors (Lipinski definition) is 6. The smallest absolute Gasteiger partial charge is 0.236 e. The Bertz CT molecular complexity index is 772. The third kappa shape index (κ3) is 4.46. The summed E-state index contributed by atoms with van der Waals surface area (Å²) >= 11 is 3.02. The van der Waals surface area contributed by atoms with Crippen LogP contribution in [0.15, 0.2) is 52.4 Å². The van der Waals surface area contributed by atoms with Crippen LogP contribution in [-0.2, 0) is 10.5 Å². The van der Waals surface area contributed by atoms with Gasteiger partial charge in [-0.25, -0.2) is 0 Å². The minimum atomic E-state index is -0.00636. The fourth-order valence-electron chi connectivity index (χ4n) is 2.16. The maximum absolute atomic E-state index is 12.0. The first-order valence-corrected chi connectivity index (χ1v) is 9.54. The van der Waals surface area contributed by atoms with E-state index in [1.54, 1.807) is 11.3 Å². The molecule has 0 fully saturated rings. The molecule has 0 radical (unpaired) electrons. The van der Waals surface area contributed by atoms with Gasteiger partial charge in [-0.05, 0) is 23.9 Å². The van der Waals surface area contributed by atoms with Crippen LogP contribution < -0.4 is 5.32 Å². The van der Waals surface area contributed by atoms with Crippen LogP contribution in [0.2, 0.25) is 0 Å². The molecule has 0 saturated carbocycles. The molecular weight excluding hydrogens is 342 g/mol. The molecule has 1 unspecified atom stereocenters. The fourth-order valence-corrected chi connectivity index (χ4v) is 3.47. The summed E-state index contributed by atoms with van der Waals surface area (Å²) in [5, 5.41) is 8.91. The molecule has 1 N–H and O–H groups in total. The van der Waals surface area contributed by atoms with Gasteiger partial charge < -0.3 is 9.84 Å². The van der Waals surface area contributed by atoms with Crippen molar-refractivity contribution in [3.63, 3.8) is 0 Å². The number of thioether (sulfide) groups is 1. The summed E-state index contributed by atoms with van der Waals surface area (Å²) in [5.41, 5.74) is 1.09. The Morgan fingerprint density at radius 3 is 2.88 bits per heavy atom. The summed E-state index contributed by atoms with van der Waals surface area (Å²) in [6, 6.07) is 13.8. The molecule has 3 aromatic rings. The second-order valence-corrected chi connectivity index (χ2v) is 7.12. The molecule has 124 valence electrons. The largest absolute Gasteiger partial charge is 0.349 e. The summed E-state index contributed by atoms with van der Waals surface area (Å²) in [5.74, 6) is 2.00. The van der Waals surface area contributed by atoms with Gasteiger partial charge in [0.05, 0.1) is 22.4 Å². The van der Waals surface area contributed by atoms with Crippen LogP contribution in [0.5, 0.6) is 0 Å². The number of aromatic nitrogens is 2. The zero-order chi connectivity index (χ0) is 16.8. The zero-order valence-electron chi connectivity index (χ0n) is 13.1. The minimum absolute atomic E-state index is 0.00523. The molecule has 24 heavy (non-hydrogen) atoms. The topological polar surface area (TPSA) is 68.0 Å². The fraction of sp³-hybridized carbons (Fsp3) is 0.235. The van der Waals surface area contributed by atoms with Crippen molar-refractivity contribution in [2.24, 2.45) is 0 Å². The Morgan fingerprint density at radius 1 is 1.29 bits per heavy atom. The van der Waals surface area contributed by atoms with Crippen LogP contribution in [0.1, 0.15) is 24.4 Å². The molecule has 3 rings (SSSR count). The van der Waals surface area contributed by atoms with Crippen LogP contribution >= 0.6 is 23.1 Å². The SMILES string of the molecule is CC(NC(=O)CSCc1nc(-c2cccs2)no1)c1ccccc1. The van der Waals surface area contributed by atoms with E-state index in [0.717, 1.165) is 10.4 Å². The van der Waals surface area contributed by atoms with E-state index in [4.69, 9.17) is 4.52 Å². The third-order valence-corrected chi connectivity index (χ3v) is 5.13. The lowest BCUT2D eigenvalue weighted by Crippen LogP contribution is -2.28. The van der Waals surface area contributed by atoms with E-state index in [1.165, 1.54) is 11.8 Å². The average Bonchev–Trinajstić information content (AvgIpc) is 3.27. The van der Waals surface area contributed by atoms with Gasteiger partial charge in [0.2, 0.25) is 17.6 Å². The number of nitrogens with zero attached hydrogens (tertiary/aromatic N) is 2. The van der Waals surface area contributed by atoms with Gasteiger partial charge in [-0.3, -0.25) is 4.79 Å². The Kier molecular flexibility index (Phi) is 5.66. The van der Waals surface area contributed by atoms with Crippen LogP contribution in [0.4, 0.5) is 0 Å². The number of amides is 1. The van der Waals surface area contributed by atoms with E-state index >= 15 is 0 Å². The Labute approximate surface area is 148 Å². The molecule has 0 aliphatic carbocycles. The molecule has 2 heterocycles. The van der Waals surface area contributed by atoms with Gasteiger partial charge in [-0.15, -0.1) is 23.1 Å². The molecule has 7 heteroatoms. The molecule has 1 aromatic carbocycles. The van der Waals surface area contributed by atoms with Gasteiger partial charge in [0.15, 0.2) is 0 Å². The van der Waals surface area contributed by atoms with Crippen LogP contribution in [-0.4, -0.2) is 21.8 Å². The highest BCUT2D eigenvalue weighted by Gasteiger charge is 2.12. The summed E-state index contributed by atoms with van der Waals surface area (Å²) in [6.07, 6.45) is 0. The quantitative estimate of drug-likeness (QED) is 0.693. The first-order chi connectivity index (χ1) is 11.7. The molecule has 1 amide bonds. The van der Waals surface area contributed by atoms with E-state index in [-0.39, 0.29) is 11.9 Å². The predicted molar refractivity (Wildman–Crippen MR) is 96.8 cm³/mol. The number of nitrogens with one attached hydrogen (secondary N) is 1. The van der Waals surface area contributed by atoms with Gasteiger partial charge in [-0.1, -0.05) is 41.6 Å². The van der Waals surface area contributed by atoms with Crippen molar-refractivity contribution in [2.75, 3.05) is 5.75 Å². The predicted octanol–water partition coefficient (Wildman–Crippen LogP) is 3.91. The van der Waals surface area contributed by atoms with Crippen molar-refractivity contribution in [1.82, 2.24) is 15.5 Å². The third-order valence-electron chi connectivity index (χ3n) is 3.35. The van der Waals surface area contributed by atoms with Crippen molar-refractivity contribution in [2.45, 2.75) is 18.7 Å². The molecular formula is C17H17N3O2S2. The molecule has 0 saturated heterocycles.